The maximum Gasteiger partial charge on any atom is 0.246 e. The zero-order chi connectivity index (χ0) is 16.8. The van der Waals surface area contributed by atoms with E-state index in [1.807, 2.05) is 30.3 Å². The number of halogens is 1. The van der Waals surface area contributed by atoms with Crippen LogP contribution in [-0.4, -0.2) is 11.9 Å². The molecule has 0 heterocycles. The molecular weight excluding hydrogens is 303 g/mol. The molecular formula is C20H23FN2O. The highest BCUT2D eigenvalue weighted by Gasteiger charge is 2.24. The Kier molecular flexibility index (Phi) is 5.59. The quantitative estimate of drug-likeness (QED) is 0.853. The number of benzene rings is 2. The molecule has 0 radical (unpaired) electrons. The molecule has 4 heteroatoms. The summed E-state index contributed by atoms with van der Waals surface area (Å²) in [5.74, 6) is -0.425. The maximum atomic E-state index is 13.0. The van der Waals surface area contributed by atoms with Gasteiger partial charge in [0.25, 0.3) is 0 Å². The summed E-state index contributed by atoms with van der Waals surface area (Å²) < 4.78 is 13.0. The third kappa shape index (κ3) is 4.42. The number of nitrogens with one attached hydrogen (secondary N) is 2. The summed E-state index contributed by atoms with van der Waals surface area (Å²) in [4.78, 5) is 12.8. The highest BCUT2D eigenvalue weighted by Crippen LogP contribution is 2.23. The smallest absolute Gasteiger partial charge is 0.246 e. The van der Waals surface area contributed by atoms with Gasteiger partial charge in [-0.15, -0.1) is 0 Å². The number of carbonyl (C=O) groups excluding carboxylic acids is 1. The van der Waals surface area contributed by atoms with E-state index in [1.165, 1.54) is 31.4 Å². The van der Waals surface area contributed by atoms with Crippen LogP contribution in [0.3, 0.4) is 0 Å². The van der Waals surface area contributed by atoms with Gasteiger partial charge in [0, 0.05) is 11.7 Å². The fourth-order valence-electron chi connectivity index (χ4n) is 3.22. The molecule has 0 saturated heterocycles. The molecule has 1 amide bonds. The van der Waals surface area contributed by atoms with E-state index in [4.69, 9.17) is 0 Å². The van der Waals surface area contributed by atoms with Crippen LogP contribution >= 0.6 is 0 Å². The van der Waals surface area contributed by atoms with Crippen molar-refractivity contribution in [3.8, 4) is 0 Å². The first-order valence-electron chi connectivity index (χ1n) is 8.60. The minimum absolute atomic E-state index is 0.113. The molecule has 126 valence electrons. The average Bonchev–Trinajstić information content (AvgIpc) is 2.63. The van der Waals surface area contributed by atoms with Gasteiger partial charge in [0.2, 0.25) is 5.91 Å². The van der Waals surface area contributed by atoms with E-state index in [2.05, 4.69) is 10.6 Å². The molecule has 3 nitrogen and oxygen atoms in total. The fourth-order valence-corrected chi connectivity index (χ4v) is 3.22. The van der Waals surface area contributed by atoms with E-state index in [9.17, 15) is 9.18 Å². The lowest BCUT2D eigenvalue weighted by Crippen LogP contribution is -2.40. The Labute approximate surface area is 142 Å². The highest BCUT2D eigenvalue weighted by atomic mass is 19.1. The van der Waals surface area contributed by atoms with Crippen LogP contribution in [0.5, 0.6) is 0 Å². The van der Waals surface area contributed by atoms with Gasteiger partial charge < -0.3 is 5.32 Å². The van der Waals surface area contributed by atoms with Gasteiger partial charge in [0.15, 0.2) is 0 Å². The van der Waals surface area contributed by atoms with Crippen LogP contribution in [0.15, 0.2) is 54.6 Å². The molecule has 1 aliphatic carbocycles. The van der Waals surface area contributed by atoms with Gasteiger partial charge in [-0.25, -0.2) is 4.39 Å². The van der Waals surface area contributed by atoms with Gasteiger partial charge in [0.1, 0.15) is 11.9 Å². The lowest BCUT2D eigenvalue weighted by atomic mass is 9.93. The second-order valence-electron chi connectivity index (χ2n) is 6.34. The van der Waals surface area contributed by atoms with Gasteiger partial charge in [-0.2, -0.15) is 0 Å². The molecule has 2 aromatic carbocycles. The minimum Gasteiger partial charge on any atom is -0.324 e. The minimum atomic E-state index is -0.403. The summed E-state index contributed by atoms with van der Waals surface area (Å²) in [7, 11) is 0. The molecule has 0 bridgehead atoms. The zero-order valence-corrected chi connectivity index (χ0v) is 13.7. The van der Waals surface area contributed by atoms with Crippen molar-refractivity contribution in [2.45, 2.75) is 44.2 Å². The molecule has 1 fully saturated rings. The van der Waals surface area contributed by atoms with E-state index in [0.29, 0.717) is 11.7 Å². The number of anilines is 1. The standard InChI is InChI=1S/C20H23FN2O/c21-16-11-13-18(14-12-16)23-20(24)19(15-7-3-1-4-8-15)22-17-9-5-2-6-10-17/h1,3-4,7-8,11-14,17,19,22H,2,5-6,9-10H2,(H,23,24)/t19-/m0/s1. The Hall–Kier alpha value is -2.20. The van der Waals surface area contributed by atoms with Crippen molar-refractivity contribution in [2.75, 3.05) is 5.32 Å². The Bertz CT molecular complexity index is 651. The molecule has 2 aromatic rings. The van der Waals surface area contributed by atoms with Gasteiger partial charge in [-0.3, -0.25) is 10.1 Å². The Morgan fingerprint density at radius 3 is 2.29 bits per heavy atom. The normalized spacial score (nSPS) is 16.5. The van der Waals surface area contributed by atoms with Crippen molar-refractivity contribution in [3.63, 3.8) is 0 Å². The first-order chi connectivity index (χ1) is 11.7. The summed E-state index contributed by atoms with van der Waals surface area (Å²) in [6.45, 7) is 0. The van der Waals surface area contributed by atoms with Crippen LogP contribution < -0.4 is 10.6 Å². The van der Waals surface area contributed by atoms with Crippen molar-refractivity contribution in [2.24, 2.45) is 0 Å². The molecule has 1 saturated carbocycles. The fraction of sp³-hybridized carbons (Fsp3) is 0.350. The lowest BCUT2D eigenvalue weighted by Gasteiger charge is -2.28. The summed E-state index contributed by atoms with van der Waals surface area (Å²) in [5.41, 5.74) is 1.55. The third-order valence-electron chi connectivity index (χ3n) is 4.51. The van der Waals surface area contributed by atoms with E-state index < -0.39 is 6.04 Å². The largest absolute Gasteiger partial charge is 0.324 e. The van der Waals surface area contributed by atoms with Crippen LogP contribution in [0.4, 0.5) is 10.1 Å². The Morgan fingerprint density at radius 1 is 0.958 bits per heavy atom. The van der Waals surface area contributed by atoms with E-state index in [1.54, 1.807) is 12.1 Å². The molecule has 1 aliphatic rings. The van der Waals surface area contributed by atoms with Gasteiger partial charge >= 0.3 is 0 Å². The second kappa shape index (κ2) is 8.06. The number of hydrogen-bond acceptors (Lipinski definition) is 2. The number of amides is 1. The first-order valence-corrected chi connectivity index (χ1v) is 8.60. The van der Waals surface area contributed by atoms with E-state index in [0.717, 1.165) is 18.4 Å². The summed E-state index contributed by atoms with van der Waals surface area (Å²) in [6, 6.07) is 15.6. The van der Waals surface area contributed by atoms with Crippen LogP contribution in [0.25, 0.3) is 0 Å². The zero-order valence-electron chi connectivity index (χ0n) is 13.7. The lowest BCUT2D eigenvalue weighted by molar-refractivity contribution is -0.118. The molecule has 0 spiro atoms. The number of hydrogen-bond donors (Lipinski definition) is 2. The van der Waals surface area contributed by atoms with Gasteiger partial charge in [-0.05, 0) is 42.7 Å². The molecule has 24 heavy (non-hydrogen) atoms. The topological polar surface area (TPSA) is 41.1 Å². The van der Waals surface area contributed by atoms with Crippen molar-refractivity contribution >= 4 is 11.6 Å². The molecule has 2 N–H and O–H groups in total. The van der Waals surface area contributed by atoms with E-state index in [-0.39, 0.29) is 11.7 Å². The molecule has 0 aliphatic heterocycles. The highest BCUT2D eigenvalue weighted by molar-refractivity contribution is 5.95. The second-order valence-corrected chi connectivity index (χ2v) is 6.34. The van der Waals surface area contributed by atoms with Crippen molar-refractivity contribution in [1.29, 1.82) is 0 Å². The number of carbonyl (C=O) groups is 1. The van der Waals surface area contributed by atoms with Crippen LogP contribution in [-0.2, 0) is 4.79 Å². The number of rotatable bonds is 5. The predicted octanol–water partition coefficient (Wildman–Crippen LogP) is 4.43. The maximum absolute atomic E-state index is 13.0. The first kappa shape index (κ1) is 16.7. The predicted molar refractivity (Wildman–Crippen MR) is 94.2 cm³/mol. The molecule has 0 unspecified atom stereocenters. The van der Waals surface area contributed by atoms with E-state index >= 15 is 0 Å². The van der Waals surface area contributed by atoms with Crippen LogP contribution in [0.1, 0.15) is 43.7 Å². The molecule has 0 aromatic heterocycles. The van der Waals surface area contributed by atoms with Crippen LogP contribution in [0.2, 0.25) is 0 Å². The molecule has 3 rings (SSSR count). The Morgan fingerprint density at radius 2 is 1.62 bits per heavy atom. The summed E-state index contributed by atoms with van der Waals surface area (Å²) >= 11 is 0. The summed E-state index contributed by atoms with van der Waals surface area (Å²) in [5, 5.41) is 6.41. The SMILES string of the molecule is O=C(Nc1ccc(F)cc1)[C@@H](NC1CCCCC1)c1ccccc1. The van der Waals surface area contributed by atoms with Gasteiger partial charge in [0.05, 0.1) is 0 Å². The van der Waals surface area contributed by atoms with Crippen molar-refractivity contribution in [1.82, 2.24) is 5.32 Å². The van der Waals surface area contributed by atoms with Crippen LogP contribution in [0, 0.1) is 5.82 Å². The molecule has 1 atom stereocenters. The van der Waals surface area contributed by atoms with Crippen molar-refractivity contribution < 1.29 is 9.18 Å². The van der Waals surface area contributed by atoms with Gasteiger partial charge in [-0.1, -0.05) is 49.6 Å². The third-order valence-corrected chi connectivity index (χ3v) is 4.51. The average molecular weight is 326 g/mol. The Balaban J connectivity index is 1.75. The monoisotopic (exact) mass is 326 g/mol. The van der Waals surface area contributed by atoms with Crippen molar-refractivity contribution in [3.05, 3.63) is 66.0 Å². The summed E-state index contributed by atoms with van der Waals surface area (Å²) in [6.07, 6.45) is 5.90.